The average molecular weight is 363 g/mol. The van der Waals surface area contributed by atoms with Gasteiger partial charge in [0.15, 0.2) is 0 Å². The molecule has 3 nitrogen and oxygen atoms in total. The molecule has 1 heterocycles. The number of hydrogen-bond donors (Lipinski definition) is 0. The van der Waals surface area contributed by atoms with Gasteiger partial charge in [0.2, 0.25) is 5.91 Å². The molecule has 0 N–H and O–H groups in total. The first-order chi connectivity index (χ1) is 11.5. The van der Waals surface area contributed by atoms with Crippen molar-refractivity contribution in [2.75, 3.05) is 26.2 Å². The van der Waals surface area contributed by atoms with Gasteiger partial charge in [0.1, 0.15) is 0 Å². The van der Waals surface area contributed by atoms with Crippen molar-refractivity contribution in [3.63, 3.8) is 0 Å². The third kappa shape index (κ3) is 3.92. The Labute approximate surface area is 152 Å². The van der Waals surface area contributed by atoms with Crippen LogP contribution in [-0.2, 0) is 4.79 Å². The molecular weight excluding hydrogens is 343 g/mol. The van der Waals surface area contributed by atoms with E-state index in [0.29, 0.717) is 0 Å². The van der Waals surface area contributed by atoms with E-state index in [1.165, 1.54) is 11.1 Å². The Morgan fingerprint density at radius 2 is 1.25 bits per heavy atom. The Balaban J connectivity index is 1.89. The lowest BCUT2D eigenvalue weighted by molar-refractivity contribution is -0.130. The third-order valence-electron chi connectivity index (χ3n) is 4.50. The van der Waals surface area contributed by atoms with Crippen LogP contribution < -0.4 is 0 Å². The summed E-state index contributed by atoms with van der Waals surface area (Å²) in [5.74, 6) is 0.143. The second kappa shape index (κ2) is 7.56. The van der Waals surface area contributed by atoms with Gasteiger partial charge in [0.25, 0.3) is 0 Å². The van der Waals surface area contributed by atoms with E-state index in [4.69, 9.17) is 23.2 Å². The molecule has 0 aliphatic carbocycles. The van der Waals surface area contributed by atoms with Crippen LogP contribution in [0.25, 0.3) is 0 Å². The minimum absolute atomic E-state index is 0.133. The summed E-state index contributed by atoms with van der Waals surface area (Å²) in [5, 5.41) is 1.46. The van der Waals surface area contributed by atoms with Crippen molar-refractivity contribution < 1.29 is 4.79 Å². The Morgan fingerprint density at radius 3 is 1.62 bits per heavy atom. The van der Waals surface area contributed by atoms with E-state index in [1.54, 1.807) is 6.92 Å². The first kappa shape index (κ1) is 17.3. The SMILES string of the molecule is CC(=O)N1CCN(C(c2ccc(Cl)cc2)c2ccc(Cl)cc2)CC1. The number of rotatable bonds is 3. The molecule has 0 aromatic heterocycles. The Bertz CT molecular complexity index is 647. The molecule has 2 aromatic rings. The average Bonchev–Trinajstić information content (AvgIpc) is 2.59. The fourth-order valence-corrected chi connectivity index (χ4v) is 3.45. The molecule has 126 valence electrons. The number of carbonyl (C=O) groups is 1. The fraction of sp³-hybridized carbons (Fsp3) is 0.316. The number of amides is 1. The van der Waals surface area contributed by atoms with Crippen molar-refractivity contribution in [1.82, 2.24) is 9.80 Å². The summed E-state index contributed by atoms with van der Waals surface area (Å²) in [5.41, 5.74) is 2.39. The lowest BCUT2D eigenvalue weighted by atomic mass is 9.96. The first-order valence-corrected chi connectivity index (χ1v) is 8.80. The van der Waals surface area contributed by atoms with Gasteiger partial charge >= 0.3 is 0 Å². The molecule has 1 fully saturated rings. The van der Waals surface area contributed by atoms with Gasteiger partial charge in [-0.2, -0.15) is 0 Å². The predicted molar refractivity (Wildman–Crippen MR) is 98.6 cm³/mol. The zero-order valence-corrected chi connectivity index (χ0v) is 15.1. The molecule has 24 heavy (non-hydrogen) atoms. The number of nitrogens with zero attached hydrogens (tertiary/aromatic N) is 2. The molecule has 0 radical (unpaired) electrons. The molecule has 3 rings (SSSR count). The van der Waals surface area contributed by atoms with Gasteiger partial charge in [-0.25, -0.2) is 0 Å². The zero-order chi connectivity index (χ0) is 17.1. The molecule has 1 aliphatic rings. The summed E-state index contributed by atoms with van der Waals surface area (Å²) in [6.07, 6.45) is 0. The van der Waals surface area contributed by atoms with Crippen molar-refractivity contribution >= 4 is 29.1 Å². The van der Waals surface area contributed by atoms with Gasteiger partial charge in [-0.3, -0.25) is 9.69 Å². The minimum atomic E-state index is 0.133. The van der Waals surface area contributed by atoms with Crippen LogP contribution in [0, 0.1) is 0 Å². The Morgan fingerprint density at radius 1 is 0.833 bits per heavy atom. The standard InChI is InChI=1S/C19H20Cl2N2O/c1-14(24)22-10-12-23(13-11-22)19(15-2-6-17(20)7-3-15)16-4-8-18(21)9-5-16/h2-9,19H,10-13H2,1H3. The highest BCUT2D eigenvalue weighted by atomic mass is 35.5. The first-order valence-electron chi connectivity index (χ1n) is 8.05. The maximum atomic E-state index is 11.6. The predicted octanol–water partition coefficient (Wildman–Crippen LogP) is 4.25. The fourth-order valence-electron chi connectivity index (χ4n) is 3.20. The summed E-state index contributed by atoms with van der Waals surface area (Å²) < 4.78 is 0. The van der Waals surface area contributed by atoms with Gasteiger partial charge in [-0.15, -0.1) is 0 Å². The molecule has 1 saturated heterocycles. The topological polar surface area (TPSA) is 23.6 Å². The number of hydrogen-bond acceptors (Lipinski definition) is 2. The van der Waals surface area contributed by atoms with Gasteiger partial charge in [0, 0.05) is 43.1 Å². The van der Waals surface area contributed by atoms with Crippen LogP contribution in [0.3, 0.4) is 0 Å². The lowest BCUT2D eigenvalue weighted by Gasteiger charge is -2.39. The number of halogens is 2. The molecule has 0 saturated carbocycles. The van der Waals surface area contributed by atoms with Gasteiger partial charge in [-0.1, -0.05) is 47.5 Å². The van der Waals surface area contributed by atoms with E-state index >= 15 is 0 Å². The Hall–Kier alpha value is -1.55. The maximum Gasteiger partial charge on any atom is 0.219 e. The molecular formula is C19H20Cl2N2O. The van der Waals surface area contributed by atoms with Crippen LogP contribution in [0.1, 0.15) is 24.1 Å². The number of carbonyl (C=O) groups excluding carboxylic acids is 1. The van der Waals surface area contributed by atoms with Crippen LogP contribution >= 0.6 is 23.2 Å². The lowest BCUT2D eigenvalue weighted by Crippen LogP contribution is -2.49. The van der Waals surface area contributed by atoms with Crippen molar-refractivity contribution in [1.29, 1.82) is 0 Å². The van der Waals surface area contributed by atoms with Crippen molar-refractivity contribution in [2.24, 2.45) is 0 Å². The molecule has 1 amide bonds. The van der Waals surface area contributed by atoms with Gasteiger partial charge in [0.05, 0.1) is 6.04 Å². The van der Waals surface area contributed by atoms with Crippen molar-refractivity contribution in [3.05, 3.63) is 69.7 Å². The second-order valence-electron chi connectivity index (χ2n) is 6.05. The smallest absolute Gasteiger partial charge is 0.219 e. The van der Waals surface area contributed by atoms with Crippen molar-refractivity contribution in [2.45, 2.75) is 13.0 Å². The van der Waals surface area contributed by atoms with Crippen LogP contribution in [-0.4, -0.2) is 41.9 Å². The minimum Gasteiger partial charge on any atom is -0.340 e. The molecule has 5 heteroatoms. The third-order valence-corrected chi connectivity index (χ3v) is 5.00. The van der Waals surface area contributed by atoms with E-state index in [2.05, 4.69) is 29.2 Å². The molecule has 0 spiro atoms. The van der Waals surface area contributed by atoms with Crippen molar-refractivity contribution in [3.8, 4) is 0 Å². The van der Waals surface area contributed by atoms with E-state index < -0.39 is 0 Å². The van der Waals surface area contributed by atoms with Crippen LogP contribution in [0.15, 0.2) is 48.5 Å². The van der Waals surface area contributed by atoms with Gasteiger partial charge in [-0.05, 0) is 35.4 Å². The van der Waals surface area contributed by atoms with Gasteiger partial charge < -0.3 is 4.90 Å². The molecule has 0 atom stereocenters. The molecule has 0 unspecified atom stereocenters. The largest absolute Gasteiger partial charge is 0.340 e. The van der Waals surface area contributed by atoms with E-state index in [0.717, 1.165) is 36.2 Å². The summed E-state index contributed by atoms with van der Waals surface area (Å²) in [6, 6.07) is 16.1. The second-order valence-corrected chi connectivity index (χ2v) is 6.92. The highest BCUT2D eigenvalue weighted by Gasteiger charge is 2.27. The molecule has 1 aliphatic heterocycles. The normalized spacial score (nSPS) is 15.8. The van der Waals surface area contributed by atoms with Crippen LogP contribution in [0.5, 0.6) is 0 Å². The van der Waals surface area contributed by atoms with E-state index in [9.17, 15) is 4.79 Å². The molecule has 2 aromatic carbocycles. The maximum absolute atomic E-state index is 11.6. The van der Waals surface area contributed by atoms with E-state index in [-0.39, 0.29) is 11.9 Å². The zero-order valence-electron chi connectivity index (χ0n) is 13.6. The number of piperazine rings is 1. The molecule has 0 bridgehead atoms. The van der Waals surface area contributed by atoms with Crippen LogP contribution in [0.2, 0.25) is 10.0 Å². The highest BCUT2D eigenvalue weighted by Crippen LogP contribution is 2.31. The summed E-state index contributed by atoms with van der Waals surface area (Å²) in [7, 11) is 0. The quantitative estimate of drug-likeness (QED) is 0.814. The van der Waals surface area contributed by atoms with E-state index in [1.807, 2.05) is 29.2 Å². The number of benzene rings is 2. The van der Waals surface area contributed by atoms with Crippen LogP contribution in [0.4, 0.5) is 0 Å². The highest BCUT2D eigenvalue weighted by molar-refractivity contribution is 6.30. The Kier molecular flexibility index (Phi) is 5.44. The summed E-state index contributed by atoms with van der Waals surface area (Å²) in [4.78, 5) is 15.9. The monoisotopic (exact) mass is 362 g/mol. The summed E-state index contributed by atoms with van der Waals surface area (Å²) in [6.45, 7) is 4.83. The summed E-state index contributed by atoms with van der Waals surface area (Å²) >= 11 is 12.1.